The van der Waals surface area contributed by atoms with Crippen molar-refractivity contribution in [1.82, 2.24) is 0 Å². The van der Waals surface area contributed by atoms with Gasteiger partial charge in [0.25, 0.3) is 0 Å². The zero-order valence-electron chi connectivity index (χ0n) is 9.66. The minimum absolute atomic E-state index is 0.437. The molecule has 0 unspecified atom stereocenters. The van der Waals surface area contributed by atoms with Gasteiger partial charge < -0.3 is 0 Å². The molecule has 94 valence electrons. The van der Waals surface area contributed by atoms with Crippen molar-refractivity contribution in [3.05, 3.63) is 54.1 Å². The van der Waals surface area contributed by atoms with Crippen molar-refractivity contribution in [3.63, 3.8) is 0 Å². The van der Waals surface area contributed by atoms with Crippen LogP contribution in [0.25, 0.3) is 19.2 Å². The molecule has 0 saturated heterocycles. The van der Waals surface area contributed by atoms with Crippen LogP contribution in [0.15, 0.2) is 45.9 Å². The quantitative estimate of drug-likeness (QED) is 0.632. The molecule has 0 radical (unpaired) electrons. The molecule has 0 nitrogen and oxygen atoms in total. The summed E-state index contributed by atoms with van der Waals surface area (Å²) in [4.78, 5) is 0. The van der Waals surface area contributed by atoms with Gasteiger partial charge in [0.2, 0.25) is 0 Å². The molecule has 1 aromatic heterocycles. The van der Waals surface area contributed by atoms with E-state index in [0.29, 0.717) is 14.5 Å². The van der Waals surface area contributed by atoms with Gasteiger partial charge >= 0.3 is 135 Å². The second-order valence-electron chi connectivity index (χ2n) is 3.90. The number of hydrogen-bond donors (Lipinski definition) is 0. The molecule has 0 spiro atoms. The van der Waals surface area contributed by atoms with Crippen molar-refractivity contribution in [3.8, 4) is 0 Å². The Morgan fingerprint density at radius 2 is 1.05 bits per heavy atom. The van der Waals surface area contributed by atoms with Crippen LogP contribution in [0.2, 0.25) is 0 Å². The molecular weight excluding hydrogens is 375 g/mol. The first-order valence-electron chi connectivity index (χ1n) is 5.66. The average Bonchev–Trinajstić information content (AvgIpc) is 3.18. The molecule has 19 heavy (non-hydrogen) atoms. The third kappa shape index (κ3) is 2.31. The zero-order valence-corrected chi connectivity index (χ0v) is 14.6. The maximum absolute atomic E-state index is 2.28. The molecule has 0 aliphatic carbocycles. The summed E-state index contributed by atoms with van der Waals surface area (Å²) >= 11 is 7.93. The van der Waals surface area contributed by atoms with Crippen molar-refractivity contribution in [1.29, 1.82) is 0 Å². The SMILES string of the molecule is C1=CSC(=c2[se]c(=C3SC=CS3)c3ccccc23)S1. The Morgan fingerprint density at radius 3 is 1.47 bits per heavy atom. The molecule has 0 saturated carbocycles. The summed E-state index contributed by atoms with van der Waals surface area (Å²) in [6.45, 7) is 0. The Hall–Kier alpha value is 0.0995. The second kappa shape index (κ2) is 5.47. The van der Waals surface area contributed by atoms with E-state index in [4.69, 9.17) is 0 Å². The van der Waals surface area contributed by atoms with E-state index in [1.54, 1.807) is 8.19 Å². The van der Waals surface area contributed by atoms with Crippen molar-refractivity contribution in [2.24, 2.45) is 0 Å². The Bertz CT molecular complexity index is 741. The van der Waals surface area contributed by atoms with Gasteiger partial charge in [-0.25, -0.2) is 0 Å². The van der Waals surface area contributed by atoms with E-state index >= 15 is 0 Å². The Balaban J connectivity index is 2.12. The number of fused-ring (bicyclic) bond motifs is 1. The van der Waals surface area contributed by atoms with E-state index in [9.17, 15) is 0 Å². The molecule has 0 bridgehead atoms. The van der Waals surface area contributed by atoms with Crippen LogP contribution in [0, 0.1) is 0 Å². The van der Waals surface area contributed by atoms with E-state index < -0.39 is 0 Å². The summed E-state index contributed by atoms with van der Waals surface area (Å²) < 4.78 is 6.09. The van der Waals surface area contributed by atoms with Gasteiger partial charge in [-0.1, -0.05) is 0 Å². The summed E-state index contributed by atoms with van der Waals surface area (Å²) in [6, 6.07) is 8.89. The van der Waals surface area contributed by atoms with Crippen LogP contribution in [0.3, 0.4) is 0 Å². The van der Waals surface area contributed by atoms with Crippen LogP contribution in [0.5, 0.6) is 0 Å². The molecule has 4 rings (SSSR count). The Morgan fingerprint density at radius 1 is 0.632 bits per heavy atom. The molecule has 2 aliphatic rings. The van der Waals surface area contributed by atoms with Crippen LogP contribution in [0.1, 0.15) is 0 Å². The number of benzene rings is 1. The van der Waals surface area contributed by atoms with Gasteiger partial charge in [-0.05, 0) is 0 Å². The van der Waals surface area contributed by atoms with Crippen molar-refractivity contribution < 1.29 is 0 Å². The number of hydrogen-bond acceptors (Lipinski definition) is 4. The molecule has 0 N–H and O–H groups in total. The molecule has 2 aliphatic heterocycles. The van der Waals surface area contributed by atoms with E-state index in [2.05, 4.69) is 45.9 Å². The summed E-state index contributed by atoms with van der Waals surface area (Å²) in [5, 5.41) is 11.7. The van der Waals surface area contributed by atoms with Gasteiger partial charge in [0.15, 0.2) is 0 Å². The van der Waals surface area contributed by atoms with E-state index in [1.165, 1.54) is 19.2 Å². The molecule has 5 heteroatoms. The Labute approximate surface area is 134 Å². The van der Waals surface area contributed by atoms with Crippen LogP contribution >= 0.6 is 47.0 Å². The van der Waals surface area contributed by atoms with Crippen molar-refractivity contribution >= 4 is 80.8 Å². The molecule has 0 atom stereocenters. The maximum atomic E-state index is 2.28. The van der Waals surface area contributed by atoms with E-state index in [0.717, 1.165) is 0 Å². The molecule has 2 aromatic rings. The van der Waals surface area contributed by atoms with Gasteiger partial charge in [-0.3, -0.25) is 0 Å². The zero-order chi connectivity index (χ0) is 12.7. The van der Waals surface area contributed by atoms with Crippen LogP contribution in [-0.4, -0.2) is 14.5 Å². The van der Waals surface area contributed by atoms with Crippen molar-refractivity contribution in [2.75, 3.05) is 0 Å². The summed E-state index contributed by atoms with van der Waals surface area (Å²) in [6.07, 6.45) is 0. The van der Waals surface area contributed by atoms with E-state index in [1.807, 2.05) is 47.0 Å². The Kier molecular flexibility index (Phi) is 3.69. The summed E-state index contributed by atoms with van der Waals surface area (Å²) in [5.74, 6) is 0. The fourth-order valence-corrected chi connectivity index (χ4v) is 9.45. The van der Waals surface area contributed by atoms with Crippen LogP contribution in [-0.2, 0) is 0 Å². The normalized spacial score (nSPS) is 18.1. The first-order chi connectivity index (χ1) is 9.43. The predicted octanol–water partition coefficient (Wildman–Crippen LogP) is 3.93. The van der Waals surface area contributed by atoms with Gasteiger partial charge in [-0.15, -0.1) is 0 Å². The van der Waals surface area contributed by atoms with Crippen molar-refractivity contribution in [2.45, 2.75) is 0 Å². The molecular formula is C14H8S4Se. The third-order valence-corrected chi connectivity index (χ3v) is 10.9. The molecule has 1 aromatic carbocycles. The molecule has 0 amide bonds. The van der Waals surface area contributed by atoms with Gasteiger partial charge in [0.05, 0.1) is 0 Å². The first-order valence-corrected chi connectivity index (χ1v) is 10.9. The fraction of sp³-hybridized carbons (Fsp3) is 0. The third-order valence-electron chi connectivity index (χ3n) is 2.80. The van der Waals surface area contributed by atoms with Gasteiger partial charge in [0, 0.05) is 0 Å². The summed E-state index contributed by atoms with van der Waals surface area (Å²) in [5.41, 5.74) is 0. The summed E-state index contributed by atoms with van der Waals surface area (Å²) in [7, 11) is 0. The van der Waals surface area contributed by atoms with Crippen LogP contribution < -0.4 is 8.19 Å². The van der Waals surface area contributed by atoms with E-state index in [-0.39, 0.29) is 0 Å². The average molecular weight is 383 g/mol. The van der Waals surface area contributed by atoms with Gasteiger partial charge in [-0.2, -0.15) is 0 Å². The van der Waals surface area contributed by atoms with Gasteiger partial charge in [0.1, 0.15) is 0 Å². The standard InChI is InChI=1S/C14H8S4Se/c1-2-4-10-9(3-1)11(13-15-5-6-16-13)19-12(10)14-17-7-8-18-14/h1-8H. The minimum atomic E-state index is 0.437. The number of rotatable bonds is 0. The van der Waals surface area contributed by atoms with Crippen LogP contribution in [0.4, 0.5) is 0 Å². The molecule has 0 fully saturated rings. The predicted molar refractivity (Wildman–Crippen MR) is 95.6 cm³/mol. The number of thioether (sulfide) groups is 4. The topological polar surface area (TPSA) is 0 Å². The monoisotopic (exact) mass is 384 g/mol. The fourth-order valence-electron chi connectivity index (χ4n) is 2.02. The second-order valence-corrected chi connectivity index (χ2v) is 10.2. The molecule has 3 heterocycles. The first kappa shape index (κ1) is 12.8.